The standard InChI is InChI=1S/C31H29N3O4/c1-3-17-38-27-14-10-22(11-15-27)19-29(33-30(35)24-7-5-4-6-8-24)31(36)34-32-21-23-9-12-26-20-28(37-2)16-13-25(26)18-23/h4-16,18-21H,3,17H2,1-2H3,(H,33,35)(H,34,36). The molecule has 192 valence electrons. The molecule has 38 heavy (non-hydrogen) atoms. The number of hydrogen-bond donors (Lipinski definition) is 2. The van der Waals surface area contributed by atoms with E-state index in [1.54, 1.807) is 43.7 Å². The third-order valence-electron chi connectivity index (χ3n) is 5.64. The van der Waals surface area contributed by atoms with Crippen LogP contribution in [0.15, 0.2) is 102 Å². The maximum atomic E-state index is 13.0. The molecule has 0 atom stereocenters. The lowest BCUT2D eigenvalue weighted by Gasteiger charge is -2.10. The molecule has 0 heterocycles. The Morgan fingerprint density at radius 2 is 1.53 bits per heavy atom. The Labute approximate surface area is 221 Å². The van der Waals surface area contributed by atoms with E-state index in [1.807, 2.05) is 73.7 Å². The van der Waals surface area contributed by atoms with Gasteiger partial charge in [-0.25, -0.2) is 5.43 Å². The molecular formula is C31H29N3O4. The second-order valence-corrected chi connectivity index (χ2v) is 8.47. The number of carbonyl (C=O) groups excluding carboxylic acids is 2. The van der Waals surface area contributed by atoms with E-state index in [4.69, 9.17) is 9.47 Å². The van der Waals surface area contributed by atoms with E-state index in [0.717, 1.165) is 39.8 Å². The van der Waals surface area contributed by atoms with Crippen LogP contribution in [0.4, 0.5) is 0 Å². The molecule has 4 aromatic carbocycles. The molecule has 0 aliphatic carbocycles. The second-order valence-electron chi connectivity index (χ2n) is 8.47. The first-order chi connectivity index (χ1) is 18.6. The molecule has 0 aromatic heterocycles. The molecule has 0 bridgehead atoms. The van der Waals surface area contributed by atoms with Gasteiger partial charge in [-0.05, 0) is 76.9 Å². The number of methoxy groups -OCH3 is 1. The van der Waals surface area contributed by atoms with Crippen molar-refractivity contribution in [2.75, 3.05) is 13.7 Å². The fourth-order valence-corrected chi connectivity index (χ4v) is 3.66. The van der Waals surface area contributed by atoms with Gasteiger partial charge in [-0.1, -0.05) is 55.5 Å². The molecule has 0 fully saturated rings. The zero-order chi connectivity index (χ0) is 26.7. The van der Waals surface area contributed by atoms with Gasteiger partial charge in [0.1, 0.15) is 17.2 Å². The number of benzene rings is 4. The normalized spacial score (nSPS) is 11.4. The molecule has 2 amide bonds. The lowest BCUT2D eigenvalue weighted by atomic mass is 10.1. The largest absolute Gasteiger partial charge is 0.497 e. The van der Waals surface area contributed by atoms with Crippen molar-refractivity contribution in [2.45, 2.75) is 13.3 Å². The Balaban J connectivity index is 1.51. The summed E-state index contributed by atoms with van der Waals surface area (Å²) in [5.74, 6) is 0.569. The molecular weight excluding hydrogens is 478 g/mol. The molecule has 0 unspecified atom stereocenters. The van der Waals surface area contributed by atoms with Gasteiger partial charge in [-0.3, -0.25) is 9.59 Å². The number of carbonyl (C=O) groups is 2. The number of ether oxygens (including phenoxy) is 2. The molecule has 2 N–H and O–H groups in total. The number of nitrogens with zero attached hydrogens (tertiary/aromatic N) is 1. The van der Waals surface area contributed by atoms with Crippen LogP contribution >= 0.6 is 0 Å². The molecule has 7 heteroatoms. The van der Waals surface area contributed by atoms with E-state index < -0.39 is 11.8 Å². The van der Waals surface area contributed by atoms with Crippen LogP contribution in [0.1, 0.15) is 34.8 Å². The molecule has 4 aromatic rings. The Morgan fingerprint density at radius 1 is 0.842 bits per heavy atom. The van der Waals surface area contributed by atoms with E-state index in [1.165, 1.54) is 0 Å². The summed E-state index contributed by atoms with van der Waals surface area (Å²) < 4.78 is 10.9. The van der Waals surface area contributed by atoms with Crippen LogP contribution in [0.3, 0.4) is 0 Å². The SMILES string of the molecule is CCCOc1ccc(C=C(NC(=O)c2ccccc2)C(=O)NN=Cc2ccc3cc(OC)ccc3c2)cc1. The van der Waals surface area contributed by atoms with Gasteiger partial charge in [-0.15, -0.1) is 0 Å². The van der Waals surface area contributed by atoms with Crippen molar-refractivity contribution >= 4 is 34.9 Å². The Bertz CT molecular complexity index is 1460. The highest BCUT2D eigenvalue weighted by Crippen LogP contribution is 2.21. The van der Waals surface area contributed by atoms with Crippen LogP contribution in [0.5, 0.6) is 11.5 Å². The number of nitrogens with one attached hydrogen (secondary N) is 2. The minimum Gasteiger partial charge on any atom is -0.497 e. The summed E-state index contributed by atoms with van der Waals surface area (Å²) in [6.07, 6.45) is 4.06. The van der Waals surface area contributed by atoms with Crippen molar-refractivity contribution in [1.29, 1.82) is 0 Å². The lowest BCUT2D eigenvalue weighted by molar-refractivity contribution is -0.117. The molecule has 0 aliphatic heterocycles. The first-order valence-electron chi connectivity index (χ1n) is 12.3. The van der Waals surface area contributed by atoms with Crippen LogP contribution in [0.25, 0.3) is 16.8 Å². The fourth-order valence-electron chi connectivity index (χ4n) is 3.66. The van der Waals surface area contributed by atoms with E-state index in [2.05, 4.69) is 15.8 Å². The molecule has 0 saturated heterocycles. The number of hydrazone groups is 1. The van der Waals surface area contributed by atoms with Gasteiger partial charge in [0.15, 0.2) is 0 Å². The third-order valence-corrected chi connectivity index (χ3v) is 5.64. The number of fused-ring (bicyclic) bond motifs is 1. The average molecular weight is 508 g/mol. The highest BCUT2D eigenvalue weighted by molar-refractivity contribution is 6.05. The third kappa shape index (κ3) is 7.07. The van der Waals surface area contributed by atoms with Gasteiger partial charge in [0.2, 0.25) is 0 Å². The summed E-state index contributed by atoms with van der Waals surface area (Å²) in [6.45, 7) is 2.66. The van der Waals surface area contributed by atoms with Crippen molar-refractivity contribution in [2.24, 2.45) is 5.10 Å². The highest BCUT2D eigenvalue weighted by Gasteiger charge is 2.14. The maximum Gasteiger partial charge on any atom is 0.287 e. The summed E-state index contributed by atoms with van der Waals surface area (Å²) in [5, 5.41) is 8.87. The van der Waals surface area contributed by atoms with Gasteiger partial charge in [-0.2, -0.15) is 5.10 Å². The first kappa shape index (κ1) is 26.2. The van der Waals surface area contributed by atoms with Crippen molar-refractivity contribution < 1.29 is 19.1 Å². The molecule has 4 rings (SSSR count). The second kappa shape index (κ2) is 12.9. The van der Waals surface area contributed by atoms with Gasteiger partial charge < -0.3 is 14.8 Å². The predicted octanol–water partition coefficient (Wildman–Crippen LogP) is 5.56. The van der Waals surface area contributed by atoms with Crippen LogP contribution in [0.2, 0.25) is 0 Å². The van der Waals surface area contributed by atoms with E-state index in [9.17, 15) is 9.59 Å². The average Bonchev–Trinajstić information content (AvgIpc) is 2.96. The Morgan fingerprint density at radius 3 is 2.26 bits per heavy atom. The van der Waals surface area contributed by atoms with Crippen LogP contribution in [-0.4, -0.2) is 31.7 Å². The van der Waals surface area contributed by atoms with E-state index >= 15 is 0 Å². The summed E-state index contributed by atoms with van der Waals surface area (Å²) >= 11 is 0. The van der Waals surface area contributed by atoms with E-state index in [0.29, 0.717) is 12.2 Å². The zero-order valence-electron chi connectivity index (χ0n) is 21.3. The predicted molar refractivity (Wildman–Crippen MR) is 150 cm³/mol. The van der Waals surface area contributed by atoms with Gasteiger partial charge in [0.25, 0.3) is 11.8 Å². The van der Waals surface area contributed by atoms with E-state index in [-0.39, 0.29) is 5.70 Å². The lowest BCUT2D eigenvalue weighted by Crippen LogP contribution is -2.32. The summed E-state index contributed by atoms with van der Waals surface area (Å²) in [7, 11) is 1.63. The minimum atomic E-state index is -0.553. The topological polar surface area (TPSA) is 89.0 Å². The quantitative estimate of drug-likeness (QED) is 0.167. The Hall–Kier alpha value is -4.91. The van der Waals surface area contributed by atoms with Gasteiger partial charge in [0, 0.05) is 5.56 Å². The molecule has 7 nitrogen and oxygen atoms in total. The van der Waals surface area contributed by atoms with Crippen molar-refractivity contribution in [1.82, 2.24) is 10.7 Å². The van der Waals surface area contributed by atoms with Gasteiger partial charge >= 0.3 is 0 Å². The summed E-state index contributed by atoms with van der Waals surface area (Å²) in [5.41, 5.74) is 4.54. The van der Waals surface area contributed by atoms with Crippen LogP contribution < -0.4 is 20.2 Å². The summed E-state index contributed by atoms with van der Waals surface area (Å²) in [4.78, 5) is 25.8. The molecule has 0 radical (unpaired) electrons. The molecule has 0 saturated carbocycles. The molecule has 0 aliphatic rings. The maximum absolute atomic E-state index is 13.0. The number of hydrogen-bond acceptors (Lipinski definition) is 5. The first-order valence-corrected chi connectivity index (χ1v) is 12.3. The Kier molecular flexibility index (Phi) is 8.86. The zero-order valence-corrected chi connectivity index (χ0v) is 21.3. The highest BCUT2D eigenvalue weighted by atomic mass is 16.5. The van der Waals surface area contributed by atoms with Crippen molar-refractivity contribution in [3.8, 4) is 11.5 Å². The number of rotatable bonds is 10. The van der Waals surface area contributed by atoms with Crippen molar-refractivity contribution in [3.63, 3.8) is 0 Å². The van der Waals surface area contributed by atoms with Crippen LogP contribution in [-0.2, 0) is 4.79 Å². The summed E-state index contributed by atoms with van der Waals surface area (Å²) in [6, 6.07) is 27.6. The van der Waals surface area contributed by atoms with Crippen LogP contribution in [0, 0.1) is 0 Å². The van der Waals surface area contributed by atoms with Gasteiger partial charge in [0.05, 0.1) is 19.9 Å². The molecule has 0 spiro atoms. The minimum absolute atomic E-state index is 0.0591. The smallest absolute Gasteiger partial charge is 0.287 e. The van der Waals surface area contributed by atoms with Crippen molar-refractivity contribution in [3.05, 3.63) is 113 Å². The fraction of sp³-hybridized carbons (Fsp3) is 0.129. The monoisotopic (exact) mass is 507 g/mol. The number of amides is 2.